The highest BCUT2D eigenvalue weighted by Crippen LogP contribution is 2.10. The second-order valence-corrected chi connectivity index (χ2v) is 5.36. The molecule has 0 saturated carbocycles. The quantitative estimate of drug-likeness (QED) is 0.752. The van der Waals surface area contributed by atoms with Gasteiger partial charge in [-0.15, -0.1) is 0 Å². The summed E-state index contributed by atoms with van der Waals surface area (Å²) in [6.07, 6.45) is 0. The Kier molecular flexibility index (Phi) is 4.28. The second-order valence-electron chi connectivity index (χ2n) is 4.41. The second kappa shape index (κ2) is 5.73. The summed E-state index contributed by atoms with van der Waals surface area (Å²) < 4.78 is 23.0. The minimum absolute atomic E-state index is 0.599. The Morgan fingerprint density at radius 2 is 1.76 bits per heavy atom. The minimum Gasteiger partial charge on any atom is -0.760 e. The lowest BCUT2D eigenvalue weighted by Gasteiger charge is -2.35. The Morgan fingerprint density at radius 1 is 1.18 bits per heavy atom. The third-order valence-electron chi connectivity index (χ3n) is 3.07. The van der Waals surface area contributed by atoms with Crippen molar-refractivity contribution in [3.63, 3.8) is 0 Å². The molecule has 5 heteroatoms. The third-order valence-corrected chi connectivity index (χ3v) is 3.86. The average molecular weight is 253 g/mol. The third kappa shape index (κ3) is 3.61. The summed E-state index contributed by atoms with van der Waals surface area (Å²) in [5.41, 5.74) is 2.55. The number of piperazine rings is 1. The molecule has 0 aromatic heterocycles. The van der Waals surface area contributed by atoms with Gasteiger partial charge in [0, 0.05) is 44.0 Å². The first kappa shape index (κ1) is 12.7. The van der Waals surface area contributed by atoms with Crippen LogP contribution in [0.1, 0.15) is 11.1 Å². The first-order valence-corrected chi connectivity index (χ1v) is 6.80. The topological polar surface area (TPSA) is 46.6 Å². The molecule has 1 aromatic rings. The highest BCUT2D eigenvalue weighted by atomic mass is 32.2. The fourth-order valence-corrected chi connectivity index (χ4v) is 2.45. The summed E-state index contributed by atoms with van der Waals surface area (Å²) in [4.78, 5) is 2.29. The summed E-state index contributed by atoms with van der Waals surface area (Å²) in [5.74, 6) is 0. The van der Waals surface area contributed by atoms with Crippen LogP contribution in [0.25, 0.3) is 0 Å². The Balaban J connectivity index is 1.85. The van der Waals surface area contributed by atoms with Gasteiger partial charge in [-0.2, -0.15) is 0 Å². The van der Waals surface area contributed by atoms with Gasteiger partial charge in [-0.05, 0) is 12.5 Å². The van der Waals surface area contributed by atoms with E-state index in [9.17, 15) is 8.76 Å². The molecule has 1 aliphatic rings. The summed E-state index contributed by atoms with van der Waals surface area (Å²) >= 11 is -2.06. The van der Waals surface area contributed by atoms with Gasteiger partial charge in [-0.25, -0.2) is 4.31 Å². The molecule has 1 fully saturated rings. The molecule has 1 heterocycles. The molecule has 0 radical (unpaired) electrons. The number of aryl methyl sites for hydroxylation is 1. The van der Waals surface area contributed by atoms with Crippen molar-refractivity contribution < 1.29 is 8.76 Å². The van der Waals surface area contributed by atoms with Crippen molar-refractivity contribution in [2.45, 2.75) is 13.5 Å². The molecule has 0 N–H and O–H groups in total. The molecule has 0 amide bonds. The molecule has 2 rings (SSSR count). The van der Waals surface area contributed by atoms with E-state index >= 15 is 0 Å². The van der Waals surface area contributed by atoms with Crippen LogP contribution >= 0.6 is 0 Å². The number of hydrogen-bond acceptors (Lipinski definition) is 3. The van der Waals surface area contributed by atoms with Gasteiger partial charge >= 0.3 is 0 Å². The van der Waals surface area contributed by atoms with E-state index in [0.29, 0.717) is 13.1 Å². The molecular weight excluding hydrogens is 236 g/mol. The lowest BCUT2D eigenvalue weighted by molar-refractivity contribution is 0.179. The Hall–Kier alpha value is -0.750. The maximum atomic E-state index is 10.8. The molecule has 0 spiro atoms. The van der Waals surface area contributed by atoms with Crippen LogP contribution in [0, 0.1) is 6.92 Å². The number of benzene rings is 1. The standard InChI is InChI=1S/C12H18N2O2S/c1-11-2-4-12(5-3-11)10-13-6-8-14(9-7-13)17(15)16/h2-5H,6-10H2,1H3,(H,15,16)/p-1. The Bertz CT molecular complexity index is 386. The van der Waals surface area contributed by atoms with Gasteiger partial charge in [0.2, 0.25) is 0 Å². The molecule has 17 heavy (non-hydrogen) atoms. The summed E-state index contributed by atoms with van der Waals surface area (Å²) in [6.45, 7) is 5.79. The Labute approximate surface area is 105 Å². The molecule has 0 aliphatic carbocycles. The van der Waals surface area contributed by atoms with Crippen molar-refractivity contribution in [2.24, 2.45) is 0 Å². The van der Waals surface area contributed by atoms with E-state index in [1.54, 1.807) is 0 Å². The van der Waals surface area contributed by atoms with Gasteiger partial charge in [-0.3, -0.25) is 9.11 Å². The average Bonchev–Trinajstić information content (AvgIpc) is 2.33. The molecule has 1 atom stereocenters. The van der Waals surface area contributed by atoms with Crippen molar-refractivity contribution in [1.82, 2.24) is 9.21 Å². The largest absolute Gasteiger partial charge is 0.760 e. The van der Waals surface area contributed by atoms with E-state index in [0.717, 1.165) is 19.6 Å². The van der Waals surface area contributed by atoms with E-state index in [1.165, 1.54) is 15.4 Å². The fourth-order valence-electron chi connectivity index (χ4n) is 1.99. The number of hydrogen-bond donors (Lipinski definition) is 0. The highest BCUT2D eigenvalue weighted by Gasteiger charge is 2.16. The smallest absolute Gasteiger partial charge is 0.0234 e. The van der Waals surface area contributed by atoms with E-state index < -0.39 is 11.3 Å². The zero-order chi connectivity index (χ0) is 12.3. The molecule has 1 aromatic carbocycles. The summed E-state index contributed by atoms with van der Waals surface area (Å²) in [5, 5.41) is 0. The normalized spacial score (nSPS) is 20.4. The van der Waals surface area contributed by atoms with Gasteiger partial charge in [0.25, 0.3) is 0 Å². The molecular formula is C12H17N2O2S-. The number of nitrogens with zero attached hydrogens (tertiary/aromatic N) is 2. The molecule has 94 valence electrons. The SMILES string of the molecule is Cc1ccc(CN2CCN(S(=O)[O-])CC2)cc1. The maximum Gasteiger partial charge on any atom is 0.0234 e. The van der Waals surface area contributed by atoms with E-state index in [2.05, 4.69) is 36.1 Å². The van der Waals surface area contributed by atoms with E-state index in [-0.39, 0.29) is 0 Å². The van der Waals surface area contributed by atoms with E-state index in [4.69, 9.17) is 0 Å². The zero-order valence-electron chi connectivity index (χ0n) is 9.96. The summed E-state index contributed by atoms with van der Waals surface area (Å²) in [6, 6.07) is 8.48. The van der Waals surface area contributed by atoms with Crippen molar-refractivity contribution in [2.75, 3.05) is 26.2 Å². The summed E-state index contributed by atoms with van der Waals surface area (Å²) in [7, 11) is 0. The van der Waals surface area contributed by atoms with Gasteiger partial charge in [0.1, 0.15) is 0 Å². The molecule has 1 aliphatic heterocycles. The van der Waals surface area contributed by atoms with Crippen molar-refractivity contribution in [3.8, 4) is 0 Å². The zero-order valence-corrected chi connectivity index (χ0v) is 10.8. The first-order valence-electron chi connectivity index (χ1n) is 5.77. The van der Waals surface area contributed by atoms with Crippen molar-refractivity contribution in [1.29, 1.82) is 0 Å². The predicted molar refractivity (Wildman–Crippen MR) is 66.9 cm³/mol. The lowest BCUT2D eigenvalue weighted by Crippen LogP contribution is -2.46. The number of rotatable bonds is 3. The molecule has 0 bridgehead atoms. The maximum absolute atomic E-state index is 10.8. The van der Waals surface area contributed by atoms with Crippen LogP contribution in [0.2, 0.25) is 0 Å². The fraction of sp³-hybridized carbons (Fsp3) is 0.500. The first-order chi connectivity index (χ1) is 8.15. The van der Waals surface area contributed by atoms with Crippen LogP contribution < -0.4 is 0 Å². The van der Waals surface area contributed by atoms with Crippen LogP contribution in [0.3, 0.4) is 0 Å². The van der Waals surface area contributed by atoms with Crippen LogP contribution in [-0.4, -0.2) is 44.1 Å². The van der Waals surface area contributed by atoms with Gasteiger partial charge in [-0.1, -0.05) is 29.8 Å². The lowest BCUT2D eigenvalue weighted by atomic mass is 10.1. The van der Waals surface area contributed by atoms with Crippen LogP contribution in [0.4, 0.5) is 0 Å². The Morgan fingerprint density at radius 3 is 2.29 bits per heavy atom. The molecule has 1 unspecified atom stereocenters. The van der Waals surface area contributed by atoms with Crippen LogP contribution in [0.5, 0.6) is 0 Å². The minimum atomic E-state index is -2.06. The monoisotopic (exact) mass is 253 g/mol. The van der Waals surface area contributed by atoms with Crippen molar-refractivity contribution >= 4 is 11.3 Å². The van der Waals surface area contributed by atoms with Crippen molar-refractivity contribution in [3.05, 3.63) is 35.4 Å². The van der Waals surface area contributed by atoms with E-state index in [1.807, 2.05) is 0 Å². The van der Waals surface area contributed by atoms with Crippen LogP contribution in [0.15, 0.2) is 24.3 Å². The molecule has 1 saturated heterocycles. The predicted octanol–water partition coefficient (Wildman–Crippen LogP) is 0.907. The highest BCUT2D eigenvalue weighted by molar-refractivity contribution is 7.76. The van der Waals surface area contributed by atoms with Crippen LogP contribution in [-0.2, 0) is 17.8 Å². The van der Waals surface area contributed by atoms with Gasteiger partial charge < -0.3 is 4.55 Å². The van der Waals surface area contributed by atoms with Gasteiger partial charge in [0.05, 0.1) is 0 Å². The molecule has 4 nitrogen and oxygen atoms in total. The van der Waals surface area contributed by atoms with Gasteiger partial charge in [0.15, 0.2) is 0 Å².